The Hall–Kier alpha value is -9.19. The highest BCUT2D eigenvalue weighted by atomic mass is 15.0. The summed E-state index contributed by atoms with van der Waals surface area (Å²) in [6.07, 6.45) is 0. The molecule has 2 aromatic heterocycles. The number of nitrogens with zero attached hydrogens (tertiary/aromatic N) is 7. The molecule has 0 saturated carbocycles. The number of aromatic nitrogens is 2. The fourth-order valence-corrected chi connectivity index (χ4v) is 8.47. The van der Waals surface area contributed by atoms with Crippen molar-refractivity contribution in [3.8, 4) is 75.1 Å². The van der Waals surface area contributed by atoms with E-state index in [0.29, 0.717) is 44.8 Å². The van der Waals surface area contributed by atoms with E-state index in [1.54, 1.807) is 30.3 Å². The summed E-state index contributed by atoms with van der Waals surface area (Å²) in [4.78, 5) is 0. The summed E-state index contributed by atoms with van der Waals surface area (Å²) in [6.45, 7) is 0. The van der Waals surface area contributed by atoms with Crippen molar-refractivity contribution in [1.29, 1.82) is 26.3 Å². The van der Waals surface area contributed by atoms with Crippen molar-refractivity contribution < 1.29 is 0 Å². The maximum Gasteiger partial charge on any atom is 0.101 e. The van der Waals surface area contributed by atoms with Crippen molar-refractivity contribution in [2.45, 2.75) is 0 Å². The fourth-order valence-electron chi connectivity index (χ4n) is 8.47. The highest BCUT2D eigenvalue weighted by Gasteiger charge is 2.23. The minimum Gasteiger partial charge on any atom is -0.309 e. The lowest BCUT2D eigenvalue weighted by Gasteiger charge is -2.19. The van der Waals surface area contributed by atoms with E-state index in [0.717, 1.165) is 71.4 Å². The van der Waals surface area contributed by atoms with Gasteiger partial charge in [0.15, 0.2) is 0 Å². The van der Waals surface area contributed by atoms with Crippen LogP contribution < -0.4 is 0 Å². The maximum atomic E-state index is 11.1. The van der Waals surface area contributed by atoms with Gasteiger partial charge >= 0.3 is 0 Å². The standard InChI is InChI=1S/C53H27N7/c54-28-33-9-13-37(14-10-33)39-17-19-45-43-5-1-3-7-48(43)59(51(45)24-39)50-27-47(41-22-35(30-56)21-36(23-41)31-57)53(26-42(50)32-58)60-49-8-4-2-6-44(49)46-20-18-40(25-52(46)60)38-15-11-34(29-55)12-16-38/h1-27H. The van der Waals surface area contributed by atoms with E-state index in [4.69, 9.17) is 0 Å². The van der Waals surface area contributed by atoms with Gasteiger partial charge in [0.25, 0.3) is 0 Å². The first-order valence-corrected chi connectivity index (χ1v) is 19.1. The molecular formula is C53H27N7. The van der Waals surface area contributed by atoms with E-state index in [9.17, 15) is 26.3 Å². The van der Waals surface area contributed by atoms with Crippen LogP contribution in [0.25, 0.3) is 88.4 Å². The predicted octanol–water partition coefficient (Wildman–Crippen LogP) is 12.2. The SMILES string of the molecule is N#Cc1ccc(-c2ccc3c4ccccc4n(-c4cc(-c5cc(C#N)cc(C#N)c5)c(-n5c6ccccc6c6ccc(-c7ccc(C#N)cc7)cc65)cc4C#N)c3c2)cc1. The Kier molecular flexibility index (Phi) is 8.27. The Morgan fingerprint density at radius 1 is 0.300 bits per heavy atom. The van der Waals surface area contributed by atoms with E-state index in [1.165, 1.54) is 0 Å². The average molecular weight is 762 g/mol. The molecular weight excluding hydrogens is 735 g/mol. The summed E-state index contributed by atoms with van der Waals surface area (Å²) in [5.41, 5.74) is 12.4. The Morgan fingerprint density at radius 3 is 1.20 bits per heavy atom. The van der Waals surface area contributed by atoms with Gasteiger partial charge in [0.2, 0.25) is 0 Å². The van der Waals surface area contributed by atoms with Crippen molar-refractivity contribution in [1.82, 2.24) is 9.13 Å². The molecule has 0 unspecified atom stereocenters. The molecule has 0 aliphatic rings. The van der Waals surface area contributed by atoms with Crippen LogP contribution >= 0.6 is 0 Å². The maximum absolute atomic E-state index is 11.1. The molecule has 2 heterocycles. The molecule has 0 saturated heterocycles. The summed E-state index contributed by atoms with van der Waals surface area (Å²) < 4.78 is 4.29. The molecule has 0 aliphatic carbocycles. The lowest BCUT2D eigenvalue weighted by Crippen LogP contribution is -2.04. The van der Waals surface area contributed by atoms with Gasteiger partial charge in [0.05, 0.1) is 85.5 Å². The zero-order valence-corrected chi connectivity index (χ0v) is 31.7. The van der Waals surface area contributed by atoms with Crippen LogP contribution in [0.2, 0.25) is 0 Å². The quantitative estimate of drug-likeness (QED) is 0.172. The van der Waals surface area contributed by atoms with Crippen LogP contribution in [0.15, 0.2) is 164 Å². The monoisotopic (exact) mass is 761 g/mol. The van der Waals surface area contributed by atoms with Gasteiger partial charge in [-0.3, -0.25) is 0 Å². The fraction of sp³-hybridized carbons (Fsp3) is 0. The second-order valence-electron chi connectivity index (χ2n) is 14.6. The van der Waals surface area contributed by atoms with Crippen LogP contribution in [0.5, 0.6) is 0 Å². The van der Waals surface area contributed by atoms with E-state index < -0.39 is 0 Å². The molecule has 8 aromatic carbocycles. The predicted molar refractivity (Wildman–Crippen MR) is 235 cm³/mol. The first kappa shape index (κ1) is 35.2. The van der Waals surface area contributed by atoms with Crippen molar-refractivity contribution in [3.05, 3.63) is 192 Å². The van der Waals surface area contributed by atoms with Crippen LogP contribution in [-0.2, 0) is 0 Å². The number of hydrogen-bond acceptors (Lipinski definition) is 5. The van der Waals surface area contributed by atoms with Crippen LogP contribution in [-0.4, -0.2) is 9.13 Å². The number of para-hydroxylation sites is 2. The normalized spacial score (nSPS) is 10.9. The summed E-state index contributed by atoms with van der Waals surface area (Å²) in [6, 6.07) is 64.4. The van der Waals surface area contributed by atoms with E-state index >= 15 is 0 Å². The number of hydrogen-bond donors (Lipinski definition) is 0. The van der Waals surface area contributed by atoms with Crippen molar-refractivity contribution in [3.63, 3.8) is 0 Å². The summed E-state index contributed by atoms with van der Waals surface area (Å²) in [5.74, 6) is 0. The Bertz CT molecular complexity index is 3610. The van der Waals surface area contributed by atoms with Crippen LogP contribution in [0.4, 0.5) is 0 Å². The summed E-state index contributed by atoms with van der Waals surface area (Å²) >= 11 is 0. The number of benzene rings is 8. The van der Waals surface area contributed by atoms with Crippen LogP contribution in [0.1, 0.15) is 27.8 Å². The van der Waals surface area contributed by atoms with Crippen LogP contribution in [0.3, 0.4) is 0 Å². The number of nitriles is 5. The topological polar surface area (TPSA) is 129 Å². The third kappa shape index (κ3) is 5.63. The van der Waals surface area contributed by atoms with E-state index in [-0.39, 0.29) is 0 Å². The van der Waals surface area contributed by atoms with E-state index in [2.05, 4.69) is 94.1 Å². The van der Waals surface area contributed by atoms with Gasteiger partial charge in [0.1, 0.15) is 6.07 Å². The molecule has 0 spiro atoms. The lowest BCUT2D eigenvalue weighted by atomic mass is 9.96. The van der Waals surface area contributed by atoms with Crippen molar-refractivity contribution in [2.75, 3.05) is 0 Å². The molecule has 0 bridgehead atoms. The van der Waals surface area contributed by atoms with Gasteiger partial charge in [-0.2, -0.15) is 26.3 Å². The largest absolute Gasteiger partial charge is 0.309 e. The van der Waals surface area contributed by atoms with Gasteiger partial charge in [-0.25, -0.2) is 0 Å². The first-order valence-electron chi connectivity index (χ1n) is 19.1. The zero-order valence-electron chi connectivity index (χ0n) is 31.7. The Balaban J connectivity index is 1.31. The van der Waals surface area contributed by atoms with E-state index in [1.807, 2.05) is 78.9 Å². The lowest BCUT2D eigenvalue weighted by molar-refractivity contribution is 1.14. The molecule has 10 rings (SSSR count). The molecule has 0 atom stereocenters. The molecule has 60 heavy (non-hydrogen) atoms. The zero-order chi connectivity index (χ0) is 40.9. The molecule has 0 radical (unpaired) electrons. The summed E-state index contributed by atoms with van der Waals surface area (Å²) in [5, 5.41) is 54.4. The van der Waals surface area contributed by atoms with Crippen LogP contribution in [0, 0.1) is 56.7 Å². The molecule has 0 N–H and O–H groups in total. The molecule has 0 amide bonds. The molecule has 10 aromatic rings. The average Bonchev–Trinajstić information content (AvgIpc) is 3.82. The molecule has 7 heteroatoms. The highest BCUT2D eigenvalue weighted by molar-refractivity contribution is 6.12. The smallest absolute Gasteiger partial charge is 0.101 e. The van der Waals surface area contributed by atoms with Gasteiger partial charge in [-0.05, 0) is 107 Å². The molecule has 274 valence electrons. The summed E-state index contributed by atoms with van der Waals surface area (Å²) in [7, 11) is 0. The Labute approximate surface area is 344 Å². The minimum absolute atomic E-state index is 0.343. The van der Waals surface area contributed by atoms with Gasteiger partial charge in [-0.1, -0.05) is 84.9 Å². The van der Waals surface area contributed by atoms with Gasteiger partial charge < -0.3 is 9.13 Å². The first-order chi connectivity index (χ1) is 29.5. The molecule has 7 nitrogen and oxygen atoms in total. The second-order valence-corrected chi connectivity index (χ2v) is 14.6. The highest BCUT2D eigenvalue weighted by Crippen LogP contribution is 2.42. The third-order valence-corrected chi connectivity index (χ3v) is 11.3. The van der Waals surface area contributed by atoms with Gasteiger partial charge in [-0.15, -0.1) is 0 Å². The van der Waals surface area contributed by atoms with Crippen molar-refractivity contribution >= 4 is 43.6 Å². The van der Waals surface area contributed by atoms with Gasteiger partial charge in [0, 0.05) is 27.1 Å². The van der Waals surface area contributed by atoms with Crippen molar-refractivity contribution in [2.24, 2.45) is 0 Å². The third-order valence-electron chi connectivity index (χ3n) is 11.3. The number of rotatable bonds is 5. The Morgan fingerprint density at radius 2 is 0.733 bits per heavy atom. The molecule has 0 fully saturated rings. The molecule has 0 aliphatic heterocycles. The number of fused-ring (bicyclic) bond motifs is 6. The second kappa shape index (κ2) is 14.1. The minimum atomic E-state index is 0.343.